The van der Waals surface area contributed by atoms with Gasteiger partial charge in [-0.05, 0) is 48.6 Å². The van der Waals surface area contributed by atoms with Gasteiger partial charge in [0.25, 0.3) is 0 Å². The average Bonchev–Trinajstić information content (AvgIpc) is 3.16. The molecule has 0 aliphatic rings. The number of anilines is 1. The van der Waals surface area contributed by atoms with Crippen LogP contribution in [-0.2, 0) is 11.3 Å². The van der Waals surface area contributed by atoms with Crippen molar-refractivity contribution in [2.24, 2.45) is 0 Å². The van der Waals surface area contributed by atoms with E-state index in [1.807, 2.05) is 43.5 Å². The first-order chi connectivity index (χ1) is 12.0. The number of hydrogen-bond acceptors (Lipinski definition) is 5. The van der Waals surface area contributed by atoms with Gasteiger partial charge in [-0.1, -0.05) is 6.07 Å². The average molecular weight is 353 g/mol. The molecule has 0 unspecified atom stereocenters. The van der Waals surface area contributed by atoms with Crippen LogP contribution in [0.1, 0.15) is 11.1 Å². The standard InChI is InChI=1S/C17H15N5O2S/c1-10-3-4-12(7-11(10)2)19-14(23)8-22-17(24)21-9-18-13-5-6-25-15(13)16(21)20-22/h3-7,9H,8H2,1-2H3,(H,19,23). The number of nitrogens with one attached hydrogen (secondary N) is 1. The van der Waals surface area contributed by atoms with Crippen LogP contribution in [0.15, 0.2) is 40.8 Å². The molecule has 0 saturated carbocycles. The van der Waals surface area contributed by atoms with Crippen LogP contribution in [0.5, 0.6) is 0 Å². The van der Waals surface area contributed by atoms with Crippen molar-refractivity contribution < 1.29 is 4.79 Å². The van der Waals surface area contributed by atoms with Gasteiger partial charge in [0.15, 0.2) is 5.65 Å². The Kier molecular flexibility index (Phi) is 3.61. The summed E-state index contributed by atoms with van der Waals surface area (Å²) in [6, 6.07) is 7.56. The summed E-state index contributed by atoms with van der Waals surface area (Å²) >= 11 is 1.46. The predicted octanol–water partition coefficient (Wildman–Crippen LogP) is 2.36. The number of thiophene rings is 1. The number of nitrogens with zero attached hydrogens (tertiary/aromatic N) is 4. The van der Waals surface area contributed by atoms with E-state index in [4.69, 9.17) is 0 Å². The minimum atomic E-state index is -0.381. The first-order valence-electron chi connectivity index (χ1n) is 7.71. The number of amides is 1. The zero-order valence-corrected chi connectivity index (χ0v) is 14.5. The highest BCUT2D eigenvalue weighted by Gasteiger charge is 2.14. The van der Waals surface area contributed by atoms with Gasteiger partial charge in [0, 0.05) is 5.69 Å². The van der Waals surface area contributed by atoms with Crippen LogP contribution >= 0.6 is 11.3 Å². The number of carbonyl (C=O) groups is 1. The molecular formula is C17H15N5O2S. The van der Waals surface area contributed by atoms with E-state index in [-0.39, 0.29) is 18.1 Å². The number of aryl methyl sites for hydroxylation is 2. The fourth-order valence-corrected chi connectivity index (χ4v) is 3.45. The van der Waals surface area contributed by atoms with Crippen molar-refractivity contribution in [1.29, 1.82) is 0 Å². The molecule has 3 heterocycles. The molecule has 0 fully saturated rings. The van der Waals surface area contributed by atoms with Crippen LogP contribution in [-0.4, -0.2) is 25.1 Å². The number of rotatable bonds is 3. The Hall–Kier alpha value is -3.00. The second-order valence-corrected chi connectivity index (χ2v) is 6.78. The molecule has 126 valence electrons. The molecule has 1 amide bonds. The van der Waals surface area contributed by atoms with E-state index in [0.29, 0.717) is 11.3 Å². The van der Waals surface area contributed by atoms with E-state index < -0.39 is 0 Å². The molecule has 8 heteroatoms. The molecule has 1 N–H and O–H groups in total. The molecule has 25 heavy (non-hydrogen) atoms. The van der Waals surface area contributed by atoms with Gasteiger partial charge in [-0.15, -0.1) is 16.4 Å². The van der Waals surface area contributed by atoms with E-state index in [9.17, 15) is 9.59 Å². The van der Waals surface area contributed by atoms with Crippen molar-refractivity contribution in [1.82, 2.24) is 19.2 Å². The SMILES string of the molecule is Cc1ccc(NC(=O)Cn2nc3c4sccc4ncn3c2=O)cc1C. The molecule has 4 aromatic rings. The summed E-state index contributed by atoms with van der Waals surface area (Å²) in [7, 11) is 0. The number of hydrogen-bond donors (Lipinski definition) is 1. The molecule has 0 aliphatic carbocycles. The van der Waals surface area contributed by atoms with Crippen LogP contribution in [0.25, 0.3) is 15.9 Å². The molecule has 0 radical (unpaired) electrons. The molecule has 7 nitrogen and oxygen atoms in total. The molecule has 0 bridgehead atoms. The minimum absolute atomic E-state index is 0.152. The van der Waals surface area contributed by atoms with Gasteiger partial charge in [0.05, 0.1) is 10.2 Å². The molecule has 0 saturated heterocycles. The van der Waals surface area contributed by atoms with Crippen molar-refractivity contribution >= 4 is 38.8 Å². The van der Waals surface area contributed by atoms with Crippen molar-refractivity contribution in [3.63, 3.8) is 0 Å². The highest BCUT2D eigenvalue weighted by molar-refractivity contribution is 7.17. The number of aromatic nitrogens is 4. The Morgan fingerprint density at radius 3 is 2.88 bits per heavy atom. The van der Waals surface area contributed by atoms with E-state index in [1.54, 1.807) is 0 Å². The lowest BCUT2D eigenvalue weighted by atomic mass is 10.1. The third kappa shape index (κ3) is 2.70. The number of benzene rings is 1. The first-order valence-corrected chi connectivity index (χ1v) is 8.59. The third-order valence-corrected chi connectivity index (χ3v) is 5.01. The summed E-state index contributed by atoms with van der Waals surface area (Å²) in [5.74, 6) is -0.302. The van der Waals surface area contributed by atoms with Gasteiger partial charge >= 0.3 is 5.69 Å². The first kappa shape index (κ1) is 15.5. The fourth-order valence-electron chi connectivity index (χ4n) is 2.63. The van der Waals surface area contributed by atoms with Crippen molar-refractivity contribution in [2.75, 3.05) is 5.32 Å². The topological polar surface area (TPSA) is 81.3 Å². The fraction of sp³-hybridized carbons (Fsp3) is 0.176. The van der Waals surface area contributed by atoms with Crippen LogP contribution in [0.3, 0.4) is 0 Å². The maximum atomic E-state index is 12.4. The van der Waals surface area contributed by atoms with Gasteiger partial charge in [0.2, 0.25) is 5.91 Å². The summed E-state index contributed by atoms with van der Waals surface area (Å²) < 4.78 is 3.35. The van der Waals surface area contributed by atoms with E-state index in [0.717, 1.165) is 26.0 Å². The Balaban J connectivity index is 1.63. The molecular weight excluding hydrogens is 338 g/mol. The van der Waals surface area contributed by atoms with Crippen LogP contribution in [0, 0.1) is 13.8 Å². The number of fused-ring (bicyclic) bond motifs is 3. The largest absolute Gasteiger partial charge is 0.352 e. The van der Waals surface area contributed by atoms with Crippen LogP contribution in [0.4, 0.5) is 5.69 Å². The summed E-state index contributed by atoms with van der Waals surface area (Å²) in [5, 5.41) is 9.00. The Morgan fingerprint density at radius 2 is 2.08 bits per heavy atom. The molecule has 1 aromatic carbocycles. The Labute approximate surface area is 146 Å². The monoisotopic (exact) mass is 353 g/mol. The van der Waals surface area contributed by atoms with Crippen LogP contribution in [0.2, 0.25) is 0 Å². The predicted molar refractivity (Wildman–Crippen MR) is 97.2 cm³/mol. The quantitative estimate of drug-likeness (QED) is 0.613. The lowest BCUT2D eigenvalue weighted by molar-refractivity contribution is -0.117. The smallest absolute Gasteiger partial charge is 0.324 e. The second-order valence-electron chi connectivity index (χ2n) is 5.86. The molecule has 0 spiro atoms. The Bertz CT molecular complexity index is 1170. The van der Waals surface area contributed by atoms with E-state index in [1.165, 1.54) is 22.1 Å². The summed E-state index contributed by atoms with van der Waals surface area (Å²) in [5.41, 5.74) is 3.87. The van der Waals surface area contributed by atoms with Gasteiger partial charge in [-0.2, -0.15) is 0 Å². The maximum absolute atomic E-state index is 12.4. The minimum Gasteiger partial charge on any atom is -0.324 e. The van der Waals surface area contributed by atoms with Gasteiger partial charge in [-0.25, -0.2) is 18.9 Å². The number of carbonyl (C=O) groups excluding carboxylic acids is 1. The lowest BCUT2D eigenvalue weighted by Crippen LogP contribution is -2.28. The van der Waals surface area contributed by atoms with E-state index >= 15 is 0 Å². The molecule has 0 atom stereocenters. The summed E-state index contributed by atoms with van der Waals surface area (Å²) in [4.78, 5) is 28.9. The highest BCUT2D eigenvalue weighted by Crippen LogP contribution is 2.21. The van der Waals surface area contributed by atoms with Crippen LogP contribution < -0.4 is 11.0 Å². The van der Waals surface area contributed by atoms with Crippen molar-refractivity contribution in [3.05, 3.63) is 57.6 Å². The maximum Gasteiger partial charge on any atom is 0.352 e. The molecule has 0 aliphatic heterocycles. The normalized spacial score (nSPS) is 11.3. The van der Waals surface area contributed by atoms with Gasteiger partial charge in [0.1, 0.15) is 12.9 Å². The van der Waals surface area contributed by atoms with Crippen molar-refractivity contribution in [3.8, 4) is 0 Å². The van der Waals surface area contributed by atoms with Gasteiger partial charge in [-0.3, -0.25) is 4.79 Å². The lowest BCUT2D eigenvalue weighted by Gasteiger charge is -2.07. The zero-order valence-electron chi connectivity index (χ0n) is 13.7. The summed E-state index contributed by atoms with van der Waals surface area (Å²) in [6.07, 6.45) is 1.44. The zero-order chi connectivity index (χ0) is 17.6. The Morgan fingerprint density at radius 1 is 1.24 bits per heavy atom. The van der Waals surface area contributed by atoms with Gasteiger partial charge < -0.3 is 5.32 Å². The molecule has 4 rings (SSSR count). The second kappa shape index (κ2) is 5.82. The van der Waals surface area contributed by atoms with Crippen molar-refractivity contribution in [2.45, 2.75) is 20.4 Å². The van der Waals surface area contributed by atoms with E-state index in [2.05, 4.69) is 15.4 Å². The highest BCUT2D eigenvalue weighted by atomic mass is 32.1. The third-order valence-electron chi connectivity index (χ3n) is 4.11. The summed E-state index contributed by atoms with van der Waals surface area (Å²) in [6.45, 7) is 3.84. The molecule has 3 aromatic heterocycles.